The minimum Gasteiger partial charge on any atom is -0.238 e. The lowest BCUT2D eigenvalue weighted by molar-refractivity contribution is 1.58. The number of hydrogen-bond acceptors (Lipinski definition) is 0. The van der Waals surface area contributed by atoms with E-state index in [2.05, 4.69) is 36.7 Å². The molecule has 0 fully saturated rings. The van der Waals surface area contributed by atoms with E-state index in [-0.39, 0.29) is 0 Å². The Bertz CT molecular complexity index is 604. The molecular formula is C15H9Br2N. The van der Waals surface area contributed by atoms with Gasteiger partial charge in [-0.25, -0.2) is 4.85 Å². The fraction of sp³-hybridized carbons (Fsp3) is 0. The maximum Gasteiger partial charge on any atom is 0.194 e. The first-order chi connectivity index (χ1) is 8.69. The van der Waals surface area contributed by atoms with E-state index in [4.69, 9.17) is 6.57 Å². The minimum atomic E-state index is 0.643. The number of halogens is 2. The molecule has 0 amide bonds. The first-order valence-electron chi connectivity index (χ1n) is 5.30. The van der Waals surface area contributed by atoms with E-state index < -0.39 is 0 Å². The average molecular weight is 363 g/mol. The fourth-order valence-corrected chi connectivity index (χ4v) is 2.05. The Morgan fingerprint density at radius 1 is 0.889 bits per heavy atom. The van der Waals surface area contributed by atoms with Gasteiger partial charge >= 0.3 is 0 Å². The van der Waals surface area contributed by atoms with Crippen molar-refractivity contribution in [1.29, 1.82) is 0 Å². The summed E-state index contributed by atoms with van der Waals surface area (Å²) in [6, 6.07) is 15.7. The van der Waals surface area contributed by atoms with Crippen LogP contribution in [0.25, 0.3) is 16.6 Å². The summed E-state index contributed by atoms with van der Waals surface area (Å²) in [4.78, 5) is 3.59. The van der Waals surface area contributed by atoms with Gasteiger partial charge in [0, 0.05) is 8.95 Å². The Labute approximate surface area is 123 Å². The van der Waals surface area contributed by atoms with Gasteiger partial charge in [-0.15, -0.1) is 0 Å². The lowest BCUT2D eigenvalue weighted by atomic mass is 10.1. The summed E-state index contributed by atoms with van der Waals surface area (Å²) in [5.41, 5.74) is 2.59. The predicted molar refractivity (Wildman–Crippen MR) is 82.8 cm³/mol. The van der Waals surface area contributed by atoms with E-state index >= 15 is 0 Å². The highest BCUT2D eigenvalue weighted by atomic mass is 79.9. The molecule has 2 aromatic rings. The summed E-state index contributed by atoms with van der Waals surface area (Å²) in [6.07, 6.45) is 1.89. The molecule has 0 aliphatic rings. The van der Waals surface area contributed by atoms with Crippen molar-refractivity contribution < 1.29 is 0 Å². The van der Waals surface area contributed by atoms with Crippen LogP contribution in [0.3, 0.4) is 0 Å². The van der Waals surface area contributed by atoms with E-state index in [0.29, 0.717) is 5.70 Å². The fourth-order valence-electron chi connectivity index (χ4n) is 1.52. The Morgan fingerprint density at radius 2 is 1.39 bits per heavy atom. The lowest BCUT2D eigenvalue weighted by Crippen LogP contribution is -1.80. The van der Waals surface area contributed by atoms with E-state index in [9.17, 15) is 0 Å². The number of rotatable bonds is 2. The van der Waals surface area contributed by atoms with Crippen LogP contribution in [-0.2, 0) is 0 Å². The van der Waals surface area contributed by atoms with Gasteiger partial charge in [-0.2, -0.15) is 0 Å². The maximum absolute atomic E-state index is 7.28. The smallest absolute Gasteiger partial charge is 0.194 e. The van der Waals surface area contributed by atoms with Crippen LogP contribution >= 0.6 is 31.9 Å². The van der Waals surface area contributed by atoms with Gasteiger partial charge < -0.3 is 0 Å². The third kappa shape index (κ3) is 3.32. The molecule has 0 aromatic heterocycles. The molecule has 1 nitrogen and oxygen atoms in total. The second-order valence-electron chi connectivity index (χ2n) is 3.70. The summed E-state index contributed by atoms with van der Waals surface area (Å²) < 4.78 is 2.05. The molecule has 0 saturated heterocycles. The van der Waals surface area contributed by atoms with Crippen molar-refractivity contribution >= 4 is 43.6 Å². The zero-order valence-electron chi connectivity index (χ0n) is 9.40. The predicted octanol–water partition coefficient (Wildman–Crippen LogP) is 5.63. The van der Waals surface area contributed by atoms with Crippen molar-refractivity contribution in [3.63, 3.8) is 0 Å². The molecule has 0 unspecified atom stereocenters. The van der Waals surface area contributed by atoms with Gasteiger partial charge in [0.25, 0.3) is 0 Å². The molecule has 3 heteroatoms. The van der Waals surface area contributed by atoms with Crippen LogP contribution in [0.4, 0.5) is 0 Å². The lowest BCUT2D eigenvalue weighted by Gasteiger charge is -2.00. The highest BCUT2D eigenvalue weighted by Gasteiger charge is 2.01. The molecule has 0 atom stereocenters. The third-order valence-electron chi connectivity index (χ3n) is 2.43. The molecule has 0 N–H and O–H groups in total. The first-order valence-corrected chi connectivity index (χ1v) is 6.88. The molecule has 0 spiro atoms. The van der Waals surface area contributed by atoms with Crippen LogP contribution in [0.1, 0.15) is 11.1 Å². The monoisotopic (exact) mass is 361 g/mol. The Kier molecular flexibility index (Phi) is 4.35. The van der Waals surface area contributed by atoms with Crippen molar-refractivity contribution in [2.24, 2.45) is 0 Å². The van der Waals surface area contributed by atoms with Crippen molar-refractivity contribution in [2.45, 2.75) is 0 Å². The SMILES string of the molecule is [C-]#[N+]C(=Cc1ccc(Br)cc1)c1ccc(Br)cc1. The van der Waals surface area contributed by atoms with Gasteiger partial charge in [-0.3, -0.25) is 0 Å². The second kappa shape index (κ2) is 5.99. The average Bonchev–Trinajstić information content (AvgIpc) is 2.39. The van der Waals surface area contributed by atoms with Crippen molar-refractivity contribution in [3.05, 3.63) is 80.0 Å². The van der Waals surface area contributed by atoms with E-state index in [1.165, 1.54) is 0 Å². The first kappa shape index (κ1) is 13.1. The molecule has 88 valence electrons. The van der Waals surface area contributed by atoms with Gasteiger partial charge in [0.2, 0.25) is 0 Å². The van der Waals surface area contributed by atoms with Gasteiger partial charge in [-0.05, 0) is 41.5 Å². The minimum absolute atomic E-state index is 0.643. The third-order valence-corrected chi connectivity index (χ3v) is 3.49. The van der Waals surface area contributed by atoms with Crippen molar-refractivity contribution in [3.8, 4) is 0 Å². The van der Waals surface area contributed by atoms with Crippen LogP contribution in [0.5, 0.6) is 0 Å². The quantitative estimate of drug-likeness (QED) is 0.481. The van der Waals surface area contributed by atoms with Crippen LogP contribution in [0, 0.1) is 6.57 Å². The molecule has 0 radical (unpaired) electrons. The van der Waals surface area contributed by atoms with Crippen LogP contribution in [0.2, 0.25) is 0 Å². The summed E-state index contributed by atoms with van der Waals surface area (Å²) in [6.45, 7) is 7.28. The molecule has 2 aromatic carbocycles. The molecule has 18 heavy (non-hydrogen) atoms. The van der Waals surface area contributed by atoms with Gasteiger partial charge in [0.15, 0.2) is 5.70 Å². The molecule has 0 heterocycles. The summed E-state index contributed by atoms with van der Waals surface area (Å²) in [5.74, 6) is 0. The van der Waals surface area contributed by atoms with Crippen molar-refractivity contribution in [2.75, 3.05) is 0 Å². The van der Waals surface area contributed by atoms with Gasteiger partial charge in [-0.1, -0.05) is 56.1 Å². The number of hydrogen-bond donors (Lipinski definition) is 0. The highest BCUT2D eigenvalue weighted by Crippen LogP contribution is 2.22. The molecular weight excluding hydrogens is 354 g/mol. The standard InChI is InChI=1S/C15H9Br2N/c1-18-15(12-4-8-14(17)9-5-12)10-11-2-6-13(16)7-3-11/h2-10H. The van der Waals surface area contributed by atoms with Crippen molar-refractivity contribution in [1.82, 2.24) is 0 Å². The van der Waals surface area contributed by atoms with E-state index in [0.717, 1.165) is 20.1 Å². The van der Waals surface area contributed by atoms with Crippen LogP contribution in [0.15, 0.2) is 57.5 Å². The number of nitrogens with zero attached hydrogens (tertiary/aromatic N) is 1. The second-order valence-corrected chi connectivity index (χ2v) is 5.53. The summed E-state index contributed by atoms with van der Waals surface area (Å²) >= 11 is 6.78. The van der Waals surface area contributed by atoms with E-state index in [1.807, 2.05) is 54.6 Å². The normalized spacial score (nSPS) is 11.1. The Hall–Kier alpha value is -1.37. The topological polar surface area (TPSA) is 4.36 Å². The van der Waals surface area contributed by atoms with Gasteiger partial charge in [0.05, 0.1) is 6.57 Å². The maximum atomic E-state index is 7.28. The summed E-state index contributed by atoms with van der Waals surface area (Å²) in [5, 5.41) is 0. The molecule has 0 saturated carbocycles. The number of benzene rings is 2. The zero-order valence-corrected chi connectivity index (χ0v) is 12.6. The highest BCUT2D eigenvalue weighted by molar-refractivity contribution is 9.10. The largest absolute Gasteiger partial charge is 0.238 e. The molecule has 0 bridgehead atoms. The van der Waals surface area contributed by atoms with Crippen LogP contribution in [-0.4, -0.2) is 0 Å². The molecule has 2 rings (SSSR count). The zero-order chi connectivity index (χ0) is 13.0. The Balaban J connectivity index is 2.37. The van der Waals surface area contributed by atoms with Gasteiger partial charge in [0.1, 0.15) is 0 Å². The molecule has 0 aliphatic heterocycles. The Morgan fingerprint density at radius 3 is 1.89 bits per heavy atom. The summed E-state index contributed by atoms with van der Waals surface area (Å²) in [7, 11) is 0. The van der Waals surface area contributed by atoms with E-state index in [1.54, 1.807) is 0 Å². The van der Waals surface area contributed by atoms with Crippen LogP contribution < -0.4 is 0 Å². The molecule has 0 aliphatic carbocycles.